The molecule has 0 amide bonds. The van der Waals surface area contributed by atoms with Gasteiger partial charge in [0.1, 0.15) is 0 Å². The van der Waals surface area contributed by atoms with E-state index in [1.165, 1.54) is 18.6 Å². The second-order valence-electron chi connectivity index (χ2n) is 2.68. The van der Waals surface area contributed by atoms with Crippen molar-refractivity contribution in [1.29, 1.82) is 0 Å². The molecule has 1 unspecified atom stereocenters. The molecule has 0 N–H and O–H groups in total. The Labute approximate surface area is 101 Å². The van der Waals surface area contributed by atoms with Crippen LogP contribution < -0.4 is 0 Å². The molecule has 0 rings (SSSR count). The van der Waals surface area contributed by atoms with Crippen molar-refractivity contribution in [3.8, 4) is 0 Å². The van der Waals surface area contributed by atoms with E-state index in [2.05, 4.69) is 6.92 Å². The first-order valence-corrected chi connectivity index (χ1v) is 7.93. The third-order valence-electron chi connectivity index (χ3n) is 1.69. The largest absolute Gasteiger partial charge is 0.161 e. The highest BCUT2D eigenvalue weighted by Gasteiger charge is 2.05. The summed E-state index contributed by atoms with van der Waals surface area (Å²) in [5.74, 6) is 4.95. The van der Waals surface area contributed by atoms with E-state index in [1.54, 1.807) is 0 Å². The molecule has 80 valence electrons. The van der Waals surface area contributed by atoms with Crippen LogP contribution in [0, 0.1) is 0 Å². The topological polar surface area (TPSA) is 0 Å². The van der Waals surface area contributed by atoms with Crippen LogP contribution in [-0.2, 0) is 0 Å². The summed E-state index contributed by atoms with van der Waals surface area (Å²) in [7, 11) is 0. The Kier molecular flexibility index (Phi) is 12.5. The van der Waals surface area contributed by atoms with Crippen molar-refractivity contribution < 1.29 is 0 Å². The van der Waals surface area contributed by atoms with Gasteiger partial charge in [0.05, 0.1) is 0 Å². The van der Waals surface area contributed by atoms with E-state index in [1.807, 2.05) is 23.5 Å². The molecule has 4 heteroatoms. The first-order chi connectivity index (χ1) is 6.35. The van der Waals surface area contributed by atoms with Crippen LogP contribution in [0.15, 0.2) is 0 Å². The quantitative estimate of drug-likeness (QED) is 0.452. The van der Waals surface area contributed by atoms with E-state index >= 15 is 0 Å². The predicted molar refractivity (Wildman–Crippen MR) is 69.9 cm³/mol. The first-order valence-electron chi connectivity index (χ1n) is 4.66. The summed E-state index contributed by atoms with van der Waals surface area (Å²) in [6, 6.07) is 0. The molecular weight excluding hydrogens is 243 g/mol. The zero-order valence-corrected chi connectivity index (χ0v) is 11.2. The number of hydrogen-bond acceptors (Lipinski definition) is 2. The molecule has 0 aromatic rings. The third kappa shape index (κ3) is 9.58. The van der Waals surface area contributed by atoms with Gasteiger partial charge in [0.15, 0.2) is 0 Å². The molecule has 0 aliphatic heterocycles. The molecule has 0 radical (unpaired) electrons. The van der Waals surface area contributed by atoms with Gasteiger partial charge < -0.3 is 0 Å². The second kappa shape index (κ2) is 11.4. The lowest BCUT2D eigenvalue weighted by molar-refractivity contribution is 0.799. The molecule has 0 nitrogen and oxygen atoms in total. The van der Waals surface area contributed by atoms with Gasteiger partial charge in [-0.3, -0.25) is 0 Å². The van der Waals surface area contributed by atoms with Crippen molar-refractivity contribution in [3.63, 3.8) is 0 Å². The van der Waals surface area contributed by atoms with Crippen molar-refractivity contribution in [2.45, 2.75) is 25.0 Å². The Bertz CT molecular complexity index is 102. The number of thioether (sulfide) groups is 2. The van der Waals surface area contributed by atoms with Crippen molar-refractivity contribution in [2.24, 2.45) is 0 Å². The van der Waals surface area contributed by atoms with E-state index in [0.29, 0.717) is 0 Å². The lowest BCUT2D eigenvalue weighted by atomic mass is 10.3. The summed E-state index contributed by atoms with van der Waals surface area (Å²) in [6.07, 6.45) is 2.54. The molecular formula is C9H18Cl2S2. The maximum Gasteiger partial charge on any atom is 0.0314 e. The van der Waals surface area contributed by atoms with Crippen LogP contribution in [0.3, 0.4) is 0 Å². The minimum Gasteiger partial charge on any atom is -0.161 e. The number of alkyl halides is 2. The third-order valence-corrected chi connectivity index (χ3v) is 5.02. The minimum absolute atomic E-state index is 0.774. The summed E-state index contributed by atoms with van der Waals surface area (Å²) >= 11 is 15.2. The summed E-state index contributed by atoms with van der Waals surface area (Å²) in [4.78, 5) is 0. The zero-order chi connectivity index (χ0) is 9.94. The Hall–Kier alpha value is 1.28. The molecule has 0 aromatic carbocycles. The standard InChI is InChI=1S/C9H18Cl2S2/c1-2-9(13-8-5-11)3-6-12-7-4-10/h9H,2-8H2,1H3. The fourth-order valence-electron chi connectivity index (χ4n) is 0.988. The van der Waals surface area contributed by atoms with Crippen LogP contribution >= 0.6 is 46.7 Å². The highest BCUT2D eigenvalue weighted by molar-refractivity contribution is 8.00. The Morgan fingerprint density at radius 3 is 2.31 bits per heavy atom. The van der Waals surface area contributed by atoms with E-state index in [-0.39, 0.29) is 0 Å². The summed E-state index contributed by atoms with van der Waals surface area (Å²) in [5, 5.41) is 0.793. The fraction of sp³-hybridized carbons (Fsp3) is 1.00. The normalized spacial score (nSPS) is 13.2. The Balaban J connectivity index is 3.25. The molecule has 0 fully saturated rings. The molecule has 0 bridgehead atoms. The van der Waals surface area contributed by atoms with Crippen molar-refractivity contribution in [1.82, 2.24) is 0 Å². The van der Waals surface area contributed by atoms with Crippen LogP contribution in [0.4, 0.5) is 0 Å². The molecule has 0 spiro atoms. The molecule has 13 heavy (non-hydrogen) atoms. The van der Waals surface area contributed by atoms with Crippen LogP contribution in [0.25, 0.3) is 0 Å². The number of hydrogen-bond donors (Lipinski definition) is 0. The fourth-order valence-corrected chi connectivity index (χ4v) is 3.44. The molecule has 0 saturated heterocycles. The Morgan fingerprint density at radius 1 is 1.08 bits per heavy atom. The van der Waals surface area contributed by atoms with Gasteiger partial charge in [0.25, 0.3) is 0 Å². The second-order valence-corrected chi connectivity index (χ2v) is 6.07. The molecule has 0 heterocycles. The van der Waals surface area contributed by atoms with Crippen LogP contribution in [0.1, 0.15) is 19.8 Å². The molecule has 0 aliphatic carbocycles. The average molecular weight is 261 g/mol. The highest BCUT2D eigenvalue weighted by Crippen LogP contribution is 2.20. The lowest BCUT2D eigenvalue weighted by Crippen LogP contribution is -2.04. The van der Waals surface area contributed by atoms with E-state index in [9.17, 15) is 0 Å². The maximum atomic E-state index is 5.64. The maximum absolute atomic E-state index is 5.64. The van der Waals surface area contributed by atoms with E-state index in [0.717, 1.165) is 28.5 Å². The molecule has 1 atom stereocenters. The van der Waals surface area contributed by atoms with Crippen LogP contribution in [-0.4, -0.2) is 34.3 Å². The minimum atomic E-state index is 0.774. The highest BCUT2D eigenvalue weighted by atomic mass is 35.5. The van der Waals surface area contributed by atoms with Gasteiger partial charge in [-0.15, -0.1) is 23.2 Å². The van der Waals surface area contributed by atoms with Crippen LogP contribution in [0.2, 0.25) is 0 Å². The van der Waals surface area contributed by atoms with Gasteiger partial charge in [-0.1, -0.05) is 6.92 Å². The van der Waals surface area contributed by atoms with Gasteiger partial charge >= 0.3 is 0 Å². The molecule has 0 saturated carbocycles. The Morgan fingerprint density at radius 2 is 1.77 bits per heavy atom. The van der Waals surface area contributed by atoms with Gasteiger partial charge in [-0.25, -0.2) is 0 Å². The molecule has 0 aliphatic rings. The SMILES string of the molecule is CCC(CCSCCCl)SCCCl. The number of rotatable bonds is 9. The first kappa shape index (κ1) is 14.3. The van der Waals surface area contributed by atoms with Gasteiger partial charge in [0, 0.05) is 28.5 Å². The monoisotopic (exact) mass is 260 g/mol. The van der Waals surface area contributed by atoms with Crippen molar-refractivity contribution >= 4 is 46.7 Å². The zero-order valence-electron chi connectivity index (χ0n) is 8.10. The average Bonchev–Trinajstić information content (AvgIpc) is 2.17. The predicted octanol–water partition coefficient (Wildman–Crippen LogP) is 4.10. The van der Waals surface area contributed by atoms with Crippen LogP contribution in [0.5, 0.6) is 0 Å². The summed E-state index contributed by atoms with van der Waals surface area (Å²) in [6.45, 7) is 2.25. The number of halogens is 2. The molecule has 0 aromatic heterocycles. The van der Waals surface area contributed by atoms with E-state index in [4.69, 9.17) is 23.2 Å². The smallest absolute Gasteiger partial charge is 0.0314 e. The lowest BCUT2D eigenvalue weighted by Gasteiger charge is -2.12. The van der Waals surface area contributed by atoms with Crippen molar-refractivity contribution in [2.75, 3.05) is 29.0 Å². The van der Waals surface area contributed by atoms with Gasteiger partial charge in [-0.2, -0.15) is 23.5 Å². The van der Waals surface area contributed by atoms with E-state index < -0.39 is 0 Å². The summed E-state index contributed by atoms with van der Waals surface area (Å²) < 4.78 is 0. The van der Waals surface area contributed by atoms with Crippen molar-refractivity contribution in [3.05, 3.63) is 0 Å². The summed E-state index contributed by atoms with van der Waals surface area (Å²) in [5.41, 5.74) is 0. The van der Waals surface area contributed by atoms with Gasteiger partial charge in [-0.05, 0) is 18.6 Å². The van der Waals surface area contributed by atoms with Gasteiger partial charge in [0.2, 0.25) is 0 Å².